The van der Waals surface area contributed by atoms with E-state index in [2.05, 4.69) is 10.1 Å². The molecule has 2 atom stereocenters. The van der Waals surface area contributed by atoms with Gasteiger partial charge in [0.25, 0.3) is 0 Å². The SMILES string of the molecule is CNc1ccc2cc(S(=O)(=O)N3CC3C(=O)OC)ccc2c1Cl. The molecular weight excluding hydrogens is 340 g/mol. The minimum atomic E-state index is -3.72. The summed E-state index contributed by atoms with van der Waals surface area (Å²) in [5.74, 6) is -0.545. The zero-order valence-electron chi connectivity index (χ0n) is 12.5. The largest absolute Gasteiger partial charge is 0.468 e. The molecule has 1 saturated heterocycles. The molecule has 1 heterocycles. The third-order valence-electron chi connectivity index (χ3n) is 3.84. The number of hydrogen-bond acceptors (Lipinski definition) is 5. The summed E-state index contributed by atoms with van der Waals surface area (Å²) in [6.45, 7) is 0.145. The van der Waals surface area contributed by atoms with Crippen LogP contribution in [0.1, 0.15) is 0 Å². The lowest BCUT2D eigenvalue weighted by atomic mass is 10.1. The van der Waals surface area contributed by atoms with Crippen LogP contribution in [0.25, 0.3) is 10.8 Å². The summed E-state index contributed by atoms with van der Waals surface area (Å²) in [5, 5.41) is 4.98. The molecule has 0 amide bonds. The van der Waals surface area contributed by atoms with Gasteiger partial charge in [-0.3, -0.25) is 4.79 Å². The average Bonchev–Trinajstić information content (AvgIpc) is 3.35. The van der Waals surface area contributed by atoms with Crippen LogP contribution >= 0.6 is 11.6 Å². The first kappa shape index (κ1) is 16.0. The van der Waals surface area contributed by atoms with Crippen molar-refractivity contribution in [1.82, 2.24) is 4.31 Å². The highest BCUT2D eigenvalue weighted by atomic mass is 35.5. The number of benzene rings is 2. The maximum Gasteiger partial charge on any atom is 0.325 e. The molecule has 0 aliphatic carbocycles. The van der Waals surface area contributed by atoms with Gasteiger partial charge in [-0.25, -0.2) is 8.42 Å². The van der Waals surface area contributed by atoms with Crippen LogP contribution in [-0.4, -0.2) is 45.4 Å². The number of carbonyl (C=O) groups excluding carboxylic acids is 1. The van der Waals surface area contributed by atoms with Gasteiger partial charge in [0, 0.05) is 19.0 Å². The van der Waals surface area contributed by atoms with Crippen molar-refractivity contribution >= 4 is 44.1 Å². The van der Waals surface area contributed by atoms with Gasteiger partial charge in [-0.15, -0.1) is 0 Å². The number of carbonyl (C=O) groups is 1. The summed E-state index contributed by atoms with van der Waals surface area (Å²) in [7, 11) is -0.714. The van der Waals surface area contributed by atoms with Gasteiger partial charge in [-0.05, 0) is 23.6 Å². The zero-order valence-corrected chi connectivity index (χ0v) is 14.1. The van der Waals surface area contributed by atoms with E-state index < -0.39 is 22.0 Å². The standard InChI is InChI=1S/C15H15ClN2O4S/c1-17-12-6-3-9-7-10(4-5-11(9)14(12)16)23(20,21)18-8-13(18)15(19)22-2/h3-7,13,17H,8H2,1-2H3. The minimum Gasteiger partial charge on any atom is -0.468 e. The highest BCUT2D eigenvalue weighted by molar-refractivity contribution is 7.89. The van der Waals surface area contributed by atoms with E-state index in [-0.39, 0.29) is 11.4 Å². The number of sulfonamides is 1. The number of methoxy groups -OCH3 is 1. The van der Waals surface area contributed by atoms with Crippen LogP contribution in [0.4, 0.5) is 5.69 Å². The number of ether oxygens (including phenoxy) is 1. The van der Waals surface area contributed by atoms with E-state index in [0.717, 1.165) is 15.4 Å². The quantitative estimate of drug-likeness (QED) is 0.672. The van der Waals surface area contributed by atoms with E-state index in [9.17, 15) is 13.2 Å². The van der Waals surface area contributed by atoms with Crippen molar-refractivity contribution in [3.8, 4) is 0 Å². The van der Waals surface area contributed by atoms with Gasteiger partial charge in [0.05, 0.1) is 22.7 Å². The Morgan fingerprint density at radius 2 is 2.09 bits per heavy atom. The number of hydrogen-bond donors (Lipinski definition) is 1. The first-order valence-corrected chi connectivity index (χ1v) is 8.71. The van der Waals surface area contributed by atoms with Crippen molar-refractivity contribution in [3.05, 3.63) is 35.4 Å². The molecule has 2 aromatic rings. The minimum absolute atomic E-state index is 0.129. The van der Waals surface area contributed by atoms with E-state index in [0.29, 0.717) is 10.4 Å². The van der Waals surface area contributed by atoms with E-state index in [1.54, 1.807) is 31.3 Å². The Hall–Kier alpha value is -1.83. The lowest BCUT2D eigenvalue weighted by Gasteiger charge is -2.10. The summed E-state index contributed by atoms with van der Waals surface area (Å²) in [5.41, 5.74) is 0.770. The third kappa shape index (κ3) is 2.65. The molecule has 0 saturated carbocycles. The zero-order chi connectivity index (χ0) is 16.8. The van der Waals surface area contributed by atoms with Gasteiger partial charge in [-0.1, -0.05) is 23.7 Å². The smallest absolute Gasteiger partial charge is 0.325 e. The molecule has 0 spiro atoms. The molecule has 1 aliphatic heterocycles. The molecule has 0 bridgehead atoms. The molecule has 1 N–H and O–H groups in total. The van der Waals surface area contributed by atoms with Crippen LogP contribution in [0, 0.1) is 0 Å². The highest BCUT2D eigenvalue weighted by Crippen LogP contribution is 2.34. The molecule has 3 rings (SSSR count). The van der Waals surface area contributed by atoms with E-state index in [4.69, 9.17) is 11.6 Å². The topological polar surface area (TPSA) is 75.5 Å². The summed E-state index contributed by atoms with van der Waals surface area (Å²) in [6.07, 6.45) is 0. The molecule has 8 heteroatoms. The van der Waals surface area contributed by atoms with Gasteiger partial charge in [0.15, 0.2) is 0 Å². The molecule has 23 heavy (non-hydrogen) atoms. The number of fused-ring (bicyclic) bond motifs is 1. The van der Waals surface area contributed by atoms with Crippen molar-refractivity contribution < 1.29 is 17.9 Å². The van der Waals surface area contributed by atoms with Crippen molar-refractivity contribution in [1.29, 1.82) is 0 Å². The highest BCUT2D eigenvalue weighted by Gasteiger charge is 2.50. The second kappa shape index (κ2) is 5.67. The molecule has 122 valence electrons. The van der Waals surface area contributed by atoms with Crippen LogP contribution in [0.3, 0.4) is 0 Å². The molecule has 1 fully saturated rings. The Balaban J connectivity index is 2.00. The van der Waals surface area contributed by atoms with Gasteiger partial charge < -0.3 is 10.1 Å². The van der Waals surface area contributed by atoms with E-state index >= 15 is 0 Å². The van der Waals surface area contributed by atoms with E-state index in [1.807, 2.05) is 0 Å². The van der Waals surface area contributed by atoms with Crippen LogP contribution in [-0.2, 0) is 19.6 Å². The maximum absolute atomic E-state index is 12.5. The predicted octanol–water partition coefficient (Wildman–Crippen LogP) is 2.08. The van der Waals surface area contributed by atoms with Crippen molar-refractivity contribution in [3.63, 3.8) is 0 Å². The van der Waals surface area contributed by atoms with Crippen molar-refractivity contribution in [2.75, 3.05) is 26.0 Å². The Kier molecular flexibility index (Phi) is 3.95. The lowest BCUT2D eigenvalue weighted by molar-refractivity contribution is -0.140. The summed E-state index contributed by atoms with van der Waals surface area (Å²) < 4.78 is 30.8. The average molecular weight is 355 g/mol. The normalized spacial score (nSPS) is 20.3. The van der Waals surface area contributed by atoms with Crippen molar-refractivity contribution in [2.45, 2.75) is 10.9 Å². The predicted molar refractivity (Wildman–Crippen MR) is 88.2 cm³/mol. The molecule has 1 aliphatic rings. The number of halogens is 1. The van der Waals surface area contributed by atoms with Crippen LogP contribution in [0.5, 0.6) is 0 Å². The number of nitrogens with one attached hydrogen (secondary N) is 1. The monoisotopic (exact) mass is 354 g/mol. The molecule has 2 aromatic carbocycles. The molecule has 0 radical (unpaired) electrons. The number of esters is 1. The maximum atomic E-state index is 12.5. The van der Waals surface area contributed by atoms with Crippen LogP contribution in [0.15, 0.2) is 35.2 Å². The molecule has 2 unspecified atom stereocenters. The molecule has 6 nitrogen and oxygen atoms in total. The number of anilines is 1. The molecule has 0 aromatic heterocycles. The fourth-order valence-electron chi connectivity index (χ4n) is 2.48. The van der Waals surface area contributed by atoms with Gasteiger partial charge >= 0.3 is 5.97 Å². The second-order valence-corrected chi connectivity index (χ2v) is 7.44. The first-order valence-electron chi connectivity index (χ1n) is 6.90. The Labute approximate surface area is 139 Å². The van der Waals surface area contributed by atoms with E-state index in [1.165, 1.54) is 13.2 Å². The van der Waals surface area contributed by atoms with Crippen LogP contribution in [0.2, 0.25) is 5.02 Å². The van der Waals surface area contributed by atoms with Gasteiger partial charge in [0.2, 0.25) is 10.0 Å². The van der Waals surface area contributed by atoms with Gasteiger partial charge in [0.1, 0.15) is 6.04 Å². The fraction of sp³-hybridized carbons (Fsp3) is 0.267. The Bertz CT molecular complexity index is 898. The third-order valence-corrected chi connectivity index (χ3v) is 6.12. The van der Waals surface area contributed by atoms with Crippen molar-refractivity contribution in [2.24, 2.45) is 0 Å². The Morgan fingerprint density at radius 1 is 1.35 bits per heavy atom. The fourth-order valence-corrected chi connectivity index (χ4v) is 4.35. The molecular formula is C15H15ClN2O4S. The Morgan fingerprint density at radius 3 is 2.74 bits per heavy atom. The summed E-state index contributed by atoms with van der Waals surface area (Å²) in [6, 6.07) is 7.58. The van der Waals surface area contributed by atoms with Crippen LogP contribution < -0.4 is 5.32 Å². The summed E-state index contributed by atoms with van der Waals surface area (Å²) in [4.78, 5) is 11.6. The first-order chi connectivity index (χ1) is 10.9. The lowest BCUT2D eigenvalue weighted by Crippen LogP contribution is -2.20. The van der Waals surface area contributed by atoms with Gasteiger partial charge in [-0.2, -0.15) is 4.31 Å². The summed E-state index contributed by atoms with van der Waals surface area (Å²) >= 11 is 6.28. The number of rotatable bonds is 4. The second-order valence-electron chi connectivity index (χ2n) is 5.17. The number of nitrogens with zero attached hydrogens (tertiary/aromatic N) is 1.